The second-order valence-corrected chi connectivity index (χ2v) is 4.85. The standard InChI is InChI=1S/C14H18F2N2O/c1-3-4-5-6-18-13-8-11(16)10(15)7-12(13)17-9(2)14(18)19/h7-9,17H,3-6H2,1-2H3. The van der Waals surface area contributed by atoms with Gasteiger partial charge in [0.15, 0.2) is 11.6 Å². The topological polar surface area (TPSA) is 32.3 Å². The van der Waals surface area contributed by atoms with Crippen molar-refractivity contribution in [3.8, 4) is 0 Å². The van der Waals surface area contributed by atoms with Crippen LogP contribution in [-0.4, -0.2) is 18.5 Å². The van der Waals surface area contributed by atoms with E-state index in [4.69, 9.17) is 0 Å². The van der Waals surface area contributed by atoms with Crippen LogP contribution in [0, 0.1) is 11.6 Å². The number of benzene rings is 1. The predicted octanol–water partition coefficient (Wildman–Crippen LogP) is 3.30. The van der Waals surface area contributed by atoms with Gasteiger partial charge >= 0.3 is 0 Å². The van der Waals surface area contributed by atoms with Crippen LogP contribution in [0.1, 0.15) is 33.1 Å². The van der Waals surface area contributed by atoms with Crippen molar-refractivity contribution in [1.82, 2.24) is 0 Å². The molecule has 0 saturated heterocycles. The lowest BCUT2D eigenvalue weighted by molar-refractivity contribution is -0.119. The molecule has 1 heterocycles. The Kier molecular flexibility index (Phi) is 4.02. The lowest BCUT2D eigenvalue weighted by Crippen LogP contribution is -2.46. The van der Waals surface area contributed by atoms with Gasteiger partial charge in [0.25, 0.3) is 0 Å². The van der Waals surface area contributed by atoms with Gasteiger partial charge in [0.2, 0.25) is 5.91 Å². The summed E-state index contributed by atoms with van der Waals surface area (Å²) in [4.78, 5) is 13.7. The number of anilines is 2. The monoisotopic (exact) mass is 268 g/mol. The first kappa shape index (κ1) is 13.8. The number of hydrogen-bond acceptors (Lipinski definition) is 2. The highest BCUT2D eigenvalue weighted by molar-refractivity contribution is 6.04. The minimum atomic E-state index is -0.927. The van der Waals surface area contributed by atoms with Crippen LogP contribution < -0.4 is 10.2 Å². The smallest absolute Gasteiger partial charge is 0.249 e. The number of nitrogens with one attached hydrogen (secondary N) is 1. The summed E-state index contributed by atoms with van der Waals surface area (Å²) in [5.41, 5.74) is 0.903. The number of unbranched alkanes of at least 4 members (excludes halogenated alkanes) is 2. The van der Waals surface area contributed by atoms with Crippen LogP contribution in [0.15, 0.2) is 12.1 Å². The van der Waals surface area contributed by atoms with E-state index in [1.165, 1.54) is 0 Å². The minimum Gasteiger partial charge on any atom is -0.372 e. The van der Waals surface area contributed by atoms with Crippen molar-refractivity contribution >= 4 is 17.3 Å². The van der Waals surface area contributed by atoms with Crippen molar-refractivity contribution in [1.29, 1.82) is 0 Å². The molecule has 0 spiro atoms. The average molecular weight is 268 g/mol. The molecular weight excluding hydrogens is 250 g/mol. The molecule has 0 bridgehead atoms. The van der Waals surface area contributed by atoms with E-state index in [9.17, 15) is 13.6 Å². The van der Waals surface area contributed by atoms with Crippen molar-refractivity contribution < 1.29 is 13.6 Å². The molecular formula is C14H18F2N2O. The largest absolute Gasteiger partial charge is 0.372 e. The molecule has 2 rings (SSSR count). The summed E-state index contributed by atoms with van der Waals surface area (Å²) in [5.74, 6) is -1.93. The third-order valence-corrected chi connectivity index (χ3v) is 3.32. The zero-order valence-corrected chi connectivity index (χ0v) is 11.2. The quantitative estimate of drug-likeness (QED) is 0.850. The van der Waals surface area contributed by atoms with Gasteiger partial charge < -0.3 is 10.2 Å². The van der Waals surface area contributed by atoms with E-state index in [1.54, 1.807) is 11.8 Å². The molecule has 1 aliphatic rings. The molecule has 5 heteroatoms. The summed E-state index contributed by atoms with van der Waals surface area (Å²) in [5, 5.41) is 2.90. The first-order valence-corrected chi connectivity index (χ1v) is 6.61. The zero-order valence-electron chi connectivity index (χ0n) is 11.2. The highest BCUT2D eigenvalue weighted by atomic mass is 19.2. The number of carbonyl (C=O) groups is 1. The van der Waals surface area contributed by atoms with Crippen LogP contribution in [0.2, 0.25) is 0 Å². The maximum absolute atomic E-state index is 13.4. The summed E-state index contributed by atoms with van der Waals surface area (Å²) < 4.78 is 26.6. The highest BCUT2D eigenvalue weighted by Gasteiger charge is 2.30. The number of hydrogen-bond donors (Lipinski definition) is 1. The molecule has 0 saturated carbocycles. The SMILES string of the molecule is CCCCCN1C(=O)C(C)Nc2cc(F)c(F)cc21. The van der Waals surface area contributed by atoms with E-state index < -0.39 is 17.7 Å². The van der Waals surface area contributed by atoms with Crippen LogP contribution in [0.5, 0.6) is 0 Å². The molecule has 0 radical (unpaired) electrons. The van der Waals surface area contributed by atoms with E-state index in [2.05, 4.69) is 12.2 Å². The molecule has 0 fully saturated rings. The Labute approximate surface area is 111 Å². The lowest BCUT2D eigenvalue weighted by Gasteiger charge is -2.34. The van der Waals surface area contributed by atoms with Gasteiger partial charge in [-0.15, -0.1) is 0 Å². The third-order valence-electron chi connectivity index (χ3n) is 3.32. The first-order valence-electron chi connectivity index (χ1n) is 6.61. The molecule has 19 heavy (non-hydrogen) atoms. The molecule has 1 amide bonds. The molecule has 1 aromatic rings. The van der Waals surface area contributed by atoms with Crippen LogP contribution >= 0.6 is 0 Å². The van der Waals surface area contributed by atoms with Crippen molar-refractivity contribution in [2.45, 2.75) is 39.2 Å². The normalized spacial score (nSPS) is 18.2. The van der Waals surface area contributed by atoms with Gasteiger partial charge in [-0.2, -0.15) is 0 Å². The molecule has 1 unspecified atom stereocenters. The molecule has 1 aliphatic heterocycles. The maximum Gasteiger partial charge on any atom is 0.249 e. The number of amides is 1. The zero-order chi connectivity index (χ0) is 14.0. The second kappa shape index (κ2) is 5.55. The van der Waals surface area contributed by atoms with Gasteiger partial charge in [-0.05, 0) is 13.3 Å². The Bertz CT molecular complexity index is 491. The van der Waals surface area contributed by atoms with Gasteiger partial charge in [-0.1, -0.05) is 19.8 Å². The van der Waals surface area contributed by atoms with Crippen LogP contribution in [0.3, 0.4) is 0 Å². The maximum atomic E-state index is 13.4. The van der Waals surface area contributed by atoms with E-state index in [0.717, 1.165) is 31.4 Å². The average Bonchev–Trinajstić information content (AvgIpc) is 2.37. The van der Waals surface area contributed by atoms with Crippen molar-refractivity contribution in [2.75, 3.05) is 16.8 Å². The Morgan fingerprint density at radius 1 is 1.26 bits per heavy atom. The van der Waals surface area contributed by atoms with Crippen molar-refractivity contribution in [2.24, 2.45) is 0 Å². The number of fused-ring (bicyclic) bond motifs is 1. The molecule has 104 valence electrons. The van der Waals surface area contributed by atoms with Gasteiger partial charge in [-0.3, -0.25) is 4.79 Å². The molecule has 1 N–H and O–H groups in total. The van der Waals surface area contributed by atoms with E-state index in [0.29, 0.717) is 17.9 Å². The molecule has 0 aromatic heterocycles. The summed E-state index contributed by atoms with van der Waals surface area (Å²) in [7, 11) is 0. The fourth-order valence-corrected chi connectivity index (χ4v) is 2.27. The summed E-state index contributed by atoms with van der Waals surface area (Å²) in [6, 6.07) is 1.78. The van der Waals surface area contributed by atoms with Crippen LogP contribution in [0.25, 0.3) is 0 Å². The van der Waals surface area contributed by atoms with E-state index in [1.807, 2.05) is 0 Å². The Balaban J connectivity index is 2.32. The fraction of sp³-hybridized carbons (Fsp3) is 0.500. The Morgan fingerprint density at radius 3 is 2.63 bits per heavy atom. The number of rotatable bonds is 4. The summed E-state index contributed by atoms with van der Waals surface area (Å²) in [6.45, 7) is 4.33. The van der Waals surface area contributed by atoms with Gasteiger partial charge in [0.05, 0.1) is 11.4 Å². The molecule has 3 nitrogen and oxygen atoms in total. The first-order chi connectivity index (χ1) is 9.04. The summed E-state index contributed by atoms with van der Waals surface area (Å²) >= 11 is 0. The number of halogens is 2. The molecule has 0 aliphatic carbocycles. The van der Waals surface area contributed by atoms with E-state index >= 15 is 0 Å². The Morgan fingerprint density at radius 2 is 1.95 bits per heavy atom. The number of nitrogens with zero attached hydrogens (tertiary/aromatic N) is 1. The molecule has 1 atom stereocenters. The van der Waals surface area contributed by atoms with Gasteiger partial charge in [-0.25, -0.2) is 8.78 Å². The van der Waals surface area contributed by atoms with E-state index in [-0.39, 0.29) is 5.91 Å². The fourth-order valence-electron chi connectivity index (χ4n) is 2.27. The van der Waals surface area contributed by atoms with Crippen molar-refractivity contribution in [3.63, 3.8) is 0 Å². The minimum absolute atomic E-state index is 0.102. The highest BCUT2D eigenvalue weighted by Crippen LogP contribution is 2.33. The molecule has 1 aromatic carbocycles. The third kappa shape index (κ3) is 2.69. The summed E-state index contributed by atoms with van der Waals surface area (Å²) in [6.07, 6.45) is 2.90. The van der Waals surface area contributed by atoms with Gasteiger partial charge in [0, 0.05) is 18.7 Å². The van der Waals surface area contributed by atoms with Crippen LogP contribution in [0.4, 0.5) is 20.2 Å². The number of carbonyl (C=O) groups excluding carboxylic acids is 1. The predicted molar refractivity (Wildman–Crippen MR) is 71.3 cm³/mol. The van der Waals surface area contributed by atoms with Crippen LogP contribution in [-0.2, 0) is 4.79 Å². The second-order valence-electron chi connectivity index (χ2n) is 4.85. The van der Waals surface area contributed by atoms with Crippen molar-refractivity contribution in [3.05, 3.63) is 23.8 Å². The lowest BCUT2D eigenvalue weighted by atomic mass is 10.1. The van der Waals surface area contributed by atoms with Gasteiger partial charge in [0.1, 0.15) is 6.04 Å². The Hall–Kier alpha value is -1.65.